The maximum atomic E-state index is 14.2. The lowest BCUT2D eigenvalue weighted by atomic mass is 10.0. The first-order valence-corrected chi connectivity index (χ1v) is 21.1. The number of amidine groups is 1. The number of piperazine rings is 1. The highest BCUT2D eigenvalue weighted by atomic mass is 19.4. The van der Waals surface area contributed by atoms with Crippen LogP contribution < -0.4 is 32.3 Å². The van der Waals surface area contributed by atoms with Gasteiger partial charge in [0, 0.05) is 62.5 Å². The van der Waals surface area contributed by atoms with Gasteiger partial charge in [-0.05, 0) is 46.5 Å². The Morgan fingerprint density at radius 3 is 1.53 bits per heavy atom. The second-order valence-electron chi connectivity index (χ2n) is 15.7. The topological polar surface area (TPSA) is 276 Å². The van der Waals surface area contributed by atoms with E-state index in [-0.39, 0.29) is 62.5 Å². The molecule has 374 valence electrons. The molecule has 6 heterocycles. The SMILES string of the molecule is N=C(N)c1ccc(CNC(=O)[C@@H]2Cc3ccc(cc3)NC(=O)CN3CCN(CC3)CC(=O)Nc3ccc(cc3)C[C@@H](NC(=O)Cc3ccccc3)C(=O)N2)cc1.O=C(O)C(F)(F)F.O=C(O)C(F)(F)F. The Balaban J connectivity index is 0.000000664. The number of anilines is 2. The number of hydrogen-bond acceptors (Lipinski definition) is 10. The third-order valence-electron chi connectivity index (χ3n) is 10.3. The zero-order valence-corrected chi connectivity index (χ0v) is 37.0. The number of carboxylic acid groups (broad SMARTS) is 2. The fourth-order valence-corrected chi connectivity index (χ4v) is 6.66. The van der Waals surface area contributed by atoms with E-state index in [2.05, 4.69) is 36.4 Å². The molecule has 0 unspecified atom stereocenters. The predicted molar refractivity (Wildman–Crippen MR) is 241 cm³/mol. The van der Waals surface area contributed by atoms with Crippen molar-refractivity contribution in [3.8, 4) is 0 Å². The van der Waals surface area contributed by atoms with Gasteiger partial charge in [-0.15, -0.1) is 0 Å². The Bertz CT molecular complexity index is 2430. The summed E-state index contributed by atoms with van der Waals surface area (Å²) >= 11 is 0. The van der Waals surface area contributed by atoms with Crippen molar-refractivity contribution in [2.75, 3.05) is 49.9 Å². The molecule has 2 atom stereocenters. The molecule has 1 fully saturated rings. The Labute approximate surface area is 396 Å². The van der Waals surface area contributed by atoms with Crippen molar-refractivity contribution < 1.29 is 70.1 Å². The average molecular weight is 986 g/mol. The Kier molecular flexibility index (Phi) is 19.9. The van der Waals surface area contributed by atoms with Gasteiger partial charge < -0.3 is 42.5 Å². The first-order chi connectivity index (χ1) is 32.9. The number of hydrogen-bond donors (Lipinski definition) is 9. The summed E-state index contributed by atoms with van der Waals surface area (Å²) < 4.78 is 63.5. The quantitative estimate of drug-likeness (QED) is 0.0735. The first kappa shape index (κ1) is 54.7. The van der Waals surface area contributed by atoms with Gasteiger partial charge in [-0.25, -0.2) is 9.59 Å². The van der Waals surface area contributed by atoms with Gasteiger partial charge in [-0.2, -0.15) is 26.3 Å². The van der Waals surface area contributed by atoms with E-state index in [1.165, 1.54) is 0 Å². The summed E-state index contributed by atoms with van der Waals surface area (Å²) in [5.41, 5.74) is 10.4. The molecule has 0 aliphatic carbocycles. The monoisotopic (exact) mass is 985 g/mol. The lowest BCUT2D eigenvalue weighted by Gasteiger charge is -2.33. The number of carbonyl (C=O) groups is 7. The molecule has 0 radical (unpaired) electrons. The van der Waals surface area contributed by atoms with E-state index in [1.807, 2.05) is 30.3 Å². The molecule has 10 rings (SSSR count). The number of nitrogens with two attached hydrogens (primary N) is 1. The van der Waals surface area contributed by atoms with Crippen molar-refractivity contribution in [3.05, 3.63) is 131 Å². The molecular weight excluding hydrogens is 937 g/mol. The van der Waals surface area contributed by atoms with Crippen LogP contribution in [-0.2, 0) is 59.4 Å². The van der Waals surface area contributed by atoms with E-state index in [0.717, 1.165) is 22.3 Å². The molecule has 0 spiro atoms. The van der Waals surface area contributed by atoms with E-state index in [1.54, 1.807) is 72.8 Å². The van der Waals surface area contributed by atoms with E-state index in [4.69, 9.17) is 30.9 Å². The summed E-state index contributed by atoms with van der Waals surface area (Å²) in [5.74, 6) is -7.26. The van der Waals surface area contributed by atoms with Crippen LogP contribution in [0.2, 0.25) is 0 Å². The number of carboxylic acids is 2. The van der Waals surface area contributed by atoms with Crippen LogP contribution in [0.15, 0.2) is 103 Å². The molecule has 4 aromatic rings. The van der Waals surface area contributed by atoms with Crippen LogP contribution in [0.4, 0.5) is 37.7 Å². The number of amides is 5. The number of benzene rings is 4. The van der Waals surface area contributed by atoms with Crippen LogP contribution in [0, 0.1) is 5.41 Å². The van der Waals surface area contributed by atoms with Crippen LogP contribution in [0.5, 0.6) is 0 Å². The van der Waals surface area contributed by atoms with Crippen molar-refractivity contribution in [2.24, 2.45) is 5.73 Å². The third kappa shape index (κ3) is 19.0. The number of carbonyl (C=O) groups excluding carboxylic acids is 5. The molecule has 6 aliphatic heterocycles. The molecule has 0 aromatic heterocycles. The van der Waals surface area contributed by atoms with Crippen molar-refractivity contribution >= 4 is 58.7 Å². The van der Waals surface area contributed by atoms with Gasteiger partial charge in [-0.1, -0.05) is 78.9 Å². The Morgan fingerprint density at radius 2 is 1.10 bits per heavy atom. The fourth-order valence-electron chi connectivity index (χ4n) is 6.66. The Hall–Kier alpha value is -7.86. The number of aliphatic carboxylic acids is 2. The summed E-state index contributed by atoms with van der Waals surface area (Å²) in [6, 6.07) is 28.3. The summed E-state index contributed by atoms with van der Waals surface area (Å²) in [5, 5.41) is 36.5. The van der Waals surface area contributed by atoms with E-state index in [9.17, 15) is 50.3 Å². The highest BCUT2D eigenvalue weighted by molar-refractivity contribution is 5.95. The molecule has 1 saturated heterocycles. The number of nitrogen functional groups attached to an aromatic ring is 1. The molecular formula is C46H49F6N9O9. The number of nitrogens with zero attached hydrogens (tertiary/aromatic N) is 2. The number of halogens is 6. The third-order valence-corrected chi connectivity index (χ3v) is 10.3. The maximum absolute atomic E-state index is 14.2. The van der Waals surface area contributed by atoms with Crippen molar-refractivity contribution in [1.29, 1.82) is 5.41 Å². The second-order valence-corrected chi connectivity index (χ2v) is 15.7. The molecule has 4 aromatic carbocycles. The lowest BCUT2D eigenvalue weighted by molar-refractivity contribution is -0.193. The summed E-state index contributed by atoms with van der Waals surface area (Å²) in [4.78, 5) is 89.1. The summed E-state index contributed by atoms with van der Waals surface area (Å²) in [7, 11) is 0. The largest absolute Gasteiger partial charge is 0.490 e. The number of nitrogens with one attached hydrogen (secondary N) is 6. The minimum atomic E-state index is -5.08. The fraction of sp³-hybridized carbons (Fsp3) is 0.304. The zero-order chi connectivity index (χ0) is 51.6. The van der Waals surface area contributed by atoms with E-state index >= 15 is 0 Å². The van der Waals surface area contributed by atoms with E-state index < -0.39 is 48.2 Å². The van der Waals surface area contributed by atoms with Gasteiger partial charge in [0.15, 0.2) is 0 Å². The van der Waals surface area contributed by atoms with Gasteiger partial charge >= 0.3 is 24.3 Å². The minimum absolute atomic E-state index is 0.0554. The maximum Gasteiger partial charge on any atom is 0.490 e. The van der Waals surface area contributed by atoms with Crippen molar-refractivity contribution in [2.45, 2.75) is 50.2 Å². The molecule has 10 N–H and O–H groups in total. The standard InChI is InChI=1S/C42H47N9O5.2C2HF3O2/c43-40(44)32-12-6-31(7-13-32)25-45-41(55)35-22-29-8-14-33(15-9-29)46-38(53)26-50-18-20-51(21-19-50)27-39(54)47-34-16-10-30(11-17-34)23-36(42(56)49-35)48-37(52)24-28-4-2-1-3-5-28;2*3-2(4,5)1(6)7/h1-17,35-36H,18-27H2,(H3,43,44)(H,45,55)(H,46,53)(H,47,54)(H,48,52)(H,49,56);2*(H,6,7)/t35-,36+;;/m0../s1. The molecule has 18 nitrogen and oxygen atoms in total. The molecule has 70 heavy (non-hydrogen) atoms. The van der Waals surface area contributed by atoms with Crippen LogP contribution >= 0.6 is 0 Å². The van der Waals surface area contributed by atoms with Crippen molar-refractivity contribution in [3.63, 3.8) is 0 Å². The first-order valence-electron chi connectivity index (χ1n) is 21.1. The van der Waals surface area contributed by atoms with Gasteiger partial charge in [0.05, 0.1) is 19.5 Å². The van der Waals surface area contributed by atoms with Gasteiger partial charge in [0.25, 0.3) is 0 Å². The normalized spacial score (nSPS) is 18.7. The molecule has 6 aliphatic rings. The predicted octanol–water partition coefficient (Wildman–Crippen LogP) is 3.06. The van der Waals surface area contributed by atoms with E-state index in [0.29, 0.717) is 43.1 Å². The zero-order valence-electron chi connectivity index (χ0n) is 37.0. The average Bonchev–Trinajstić information content (AvgIpc) is 3.29. The lowest BCUT2D eigenvalue weighted by Crippen LogP contribution is -2.55. The van der Waals surface area contributed by atoms with Gasteiger partial charge in [-0.3, -0.25) is 39.2 Å². The highest BCUT2D eigenvalue weighted by Crippen LogP contribution is 2.17. The summed E-state index contributed by atoms with van der Waals surface area (Å²) in [6.45, 7) is 3.17. The number of fused-ring (bicyclic) bond motifs is 1. The second kappa shape index (κ2) is 25.5. The van der Waals surface area contributed by atoms with Crippen LogP contribution in [-0.4, -0.2) is 131 Å². The molecule has 0 saturated carbocycles. The van der Waals surface area contributed by atoms with Gasteiger partial charge in [0.1, 0.15) is 17.9 Å². The van der Waals surface area contributed by atoms with Crippen LogP contribution in [0.1, 0.15) is 27.8 Å². The number of rotatable bonds is 7. The van der Waals surface area contributed by atoms with Crippen molar-refractivity contribution in [1.82, 2.24) is 25.8 Å². The molecule has 5 amide bonds. The number of alkyl halides is 6. The smallest absolute Gasteiger partial charge is 0.475 e. The van der Waals surface area contributed by atoms with Crippen LogP contribution in [0.3, 0.4) is 0 Å². The molecule has 24 heteroatoms. The van der Waals surface area contributed by atoms with Gasteiger partial charge in [0.2, 0.25) is 29.5 Å². The Morgan fingerprint density at radius 1 is 0.657 bits per heavy atom. The molecule has 6 bridgehead atoms. The van der Waals surface area contributed by atoms with Crippen LogP contribution in [0.25, 0.3) is 0 Å². The highest BCUT2D eigenvalue weighted by Gasteiger charge is 2.39. The summed E-state index contributed by atoms with van der Waals surface area (Å²) in [6.07, 6.45) is -9.87. The minimum Gasteiger partial charge on any atom is -0.475 e.